The third-order valence-corrected chi connectivity index (χ3v) is 11.4. The van der Waals surface area contributed by atoms with Crippen LogP contribution in [0.5, 0.6) is 0 Å². The lowest BCUT2D eigenvalue weighted by molar-refractivity contribution is 0.300. The van der Waals surface area contributed by atoms with E-state index in [2.05, 4.69) is 40.0 Å². The Labute approximate surface area is 185 Å². The van der Waals surface area contributed by atoms with Gasteiger partial charge in [0.25, 0.3) is 0 Å². The zero-order valence-corrected chi connectivity index (χ0v) is 22.8. The molecule has 0 rings (SSSR count). The molecule has 6 heteroatoms. The fourth-order valence-electron chi connectivity index (χ4n) is 4.36. The first-order valence-corrected chi connectivity index (χ1v) is 18.6. The smallest absolute Gasteiger partial charge is 0.186 e. The normalized spacial score (nSPS) is 13.2. The maximum Gasteiger partial charge on any atom is 0.186 e. The van der Waals surface area contributed by atoms with Gasteiger partial charge in [-0.15, -0.1) is 0 Å². The van der Waals surface area contributed by atoms with E-state index in [0.29, 0.717) is 0 Å². The molecular weight excluding hydrogens is 392 g/mol. The van der Waals surface area contributed by atoms with Gasteiger partial charge in [-0.2, -0.15) is 0 Å². The molecule has 0 amide bonds. The van der Waals surface area contributed by atoms with E-state index in [9.17, 15) is 0 Å². The molecule has 0 spiro atoms. The van der Waals surface area contributed by atoms with E-state index < -0.39 is 16.6 Å². The van der Waals surface area contributed by atoms with E-state index in [1.807, 2.05) is 0 Å². The zero-order valence-electron chi connectivity index (χ0n) is 20.8. The Kier molecular flexibility index (Phi) is 16.1. The highest BCUT2D eigenvalue weighted by Crippen LogP contribution is 2.29. The van der Waals surface area contributed by atoms with Crippen LogP contribution in [-0.4, -0.2) is 41.9 Å². The summed E-state index contributed by atoms with van der Waals surface area (Å²) in [5.74, 6) is 0. The molecule has 0 unspecified atom stereocenters. The van der Waals surface area contributed by atoms with Crippen molar-refractivity contribution in [2.75, 3.05) is 19.8 Å². The van der Waals surface area contributed by atoms with Gasteiger partial charge in [-0.25, -0.2) is 0 Å². The summed E-state index contributed by atoms with van der Waals surface area (Å²) in [7, 11) is -3.02. The Morgan fingerprint density at radius 3 is 1.41 bits per heavy atom. The monoisotopic (exact) mass is 446 g/mol. The first kappa shape index (κ1) is 29.3. The highest BCUT2D eigenvalue weighted by molar-refractivity contribution is 6.71. The molecule has 176 valence electrons. The van der Waals surface area contributed by atoms with Gasteiger partial charge in [-0.05, 0) is 84.4 Å². The van der Waals surface area contributed by atoms with Crippen molar-refractivity contribution in [2.24, 2.45) is 11.5 Å². The lowest BCUT2D eigenvalue weighted by Gasteiger charge is -2.32. The van der Waals surface area contributed by atoms with Crippen molar-refractivity contribution in [1.82, 2.24) is 0 Å². The summed E-state index contributed by atoms with van der Waals surface area (Å²) in [6.45, 7) is 16.1. The summed E-state index contributed by atoms with van der Waals surface area (Å²) in [4.78, 5) is 0. The van der Waals surface area contributed by atoms with Crippen molar-refractivity contribution >= 4 is 16.6 Å². The van der Waals surface area contributed by atoms with Gasteiger partial charge >= 0.3 is 0 Å². The second-order valence-corrected chi connectivity index (χ2v) is 18.7. The highest BCUT2D eigenvalue weighted by atomic mass is 28.4. The molecule has 0 aromatic heterocycles. The third kappa shape index (κ3) is 16.6. The van der Waals surface area contributed by atoms with Crippen LogP contribution < -0.4 is 11.5 Å². The maximum atomic E-state index is 7.00. The van der Waals surface area contributed by atoms with Crippen LogP contribution in [0, 0.1) is 0 Å². The van der Waals surface area contributed by atoms with Crippen LogP contribution in [0.4, 0.5) is 0 Å². The van der Waals surface area contributed by atoms with Crippen molar-refractivity contribution in [3.63, 3.8) is 0 Å². The summed E-state index contributed by atoms with van der Waals surface area (Å²) >= 11 is 0. The molecule has 4 nitrogen and oxygen atoms in total. The summed E-state index contributed by atoms with van der Waals surface area (Å²) < 4.78 is 12.0. The largest absolute Gasteiger partial charge is 0.418 e. The van der Waals surface area contributed by atoms with Crippen LogP contribution in [0.3, 0.4) is 0 Å². The second-order valence-electron chi connectivity index (χ2n) is 10.1. The first-order chi connectivity index (χ1) is 13.6. The van der Waals surface area contributed by atoms with Crippen LogP contribution in [0.1, 0.15) is 84.5 Å². The Balaban J connectivity index is 4.51. The molecular formula is C23H54N2O2Si2. The molecule has 0 saturated heterocycles. The fraction of sp³-hybridized carbons (Fsp3) is 1.00. The number of rotatable bonds is 20. The fourth-order valence-corrected chi connectivity index (χ4v) is 8.27. The minimum absolute atomic E-state index is 0.00928. The average Bonchev–Trinajstić information content (AvgIpc) is 2.60. The van der Waals surface area contributed by atoms with Gasteiger partial charge in [-0.3, -0.25) is 0 Å². The molecule has 4 N–H and O–H groups in total. The summed E-state index contributed by atoms with van der Waals surface area (Å²) in [5.41, 5.74) is 12.6. The molecule has 0 aromatic rings. The molecule has 0 aliphatic carbocycles. The van der Waals surface area contributed by atoms with Crippen LogP contribution in [-0.2, 0) is 8.85 Å². The zero-order chi connectivity index (χ0) is 22.2. The predicted octanol–water partition coefficient (Wildman–Crippen LogP) is 6.42. The molecule has 0 aromatic carbocycles. The predicted molar refractivity (Wildman–Crippen MR) is 135 cm³/mol. The Hall–Kier alpha value is 0.274. The SMILES string of the molecule is CCO[Si](C)(C)CCCC(N)(CCCCCCCCN)CCC[Si](C)(C)OCC. The summed E-state index contributed by atoms with van der Waals surface area (Å²) in [6.07, 6.45) is 13.5. The van der Waals surface area contributed by atoms with Crippen LogP contribution in [0.25, 0.3) is 0 Å². The lowest BCUT2D eigenvalue weighted by Crippen LogP contribution is -2.41. The standard InChI is InChI=1S/C23H54N2O2Si2/c1-7-26-28(3,4)21-15-18-23(25,17-13-11-9-10-12-14-20-24)19-16-22-29(5,6)27-8-2/h7-22,24-25H2,1-6H3. The van der Waals surface area contributed by atoms with E-state index in [1.165, 1.54) is 63.5 Å². The van der Waals surface area contributed by atoms with Gasteiger partial charge in [0.15, 0.2) is 16.6 Å². The third-order valence-electron chi connectivity index (χ3n) is 6.11. The number of hydrogen-bond acceptors (Lipinski definition) is 4. The number of nitrogens with two attached hydrogens (primary N) is 2. The Morgan fingerprint density at radius 1 is 0.621 bits per heavy atom. The Bertz CT molecular complexity index is 369. The van der Waals surface area contributed by atoms with E-state index in [-0.39, 0.29) is 5.54 Å². The molecule has 0 bridgehead atoms. The quantitative estimate of drug-likeness (QED) is 0.167. The topological polar surface area (TPSA) is 70.5 Å². The molecule has 0 aliphatic heterocycles. The van der Waals surface area contributed by atoms with E-state index in [1.54, 1.807) is 0 Å². The van der Waals surface area contributed by atoms with Gasteiger partial charge in [-0.1, -0.05) is 44.9 Å². The summed E-state index contributed by atoms with van der Waals surface area (Å²) in [5, 5.41) is 0. The molecule has 0 aliphatic rings. The van der Waals surface area contributed by atoms with Crippen molar-refractivity contribution in [3.05, 3.63) is 0 Å². The number of unbranched alkanes of at least 4 members (excludes halogenated alkanes) is 5. The van der Waals surface area contributed by atoms with Crippen molar-refractivity contribution < 1.29 is 8.85 Å². The van der Waals surface area contributed by atoms with Crippen LogP contribution in [0.2, 0.25) is 38.3 Å². The van der Waals surface area contributed by atoms with Gasteiger partial charge in [0, 0.05) is 18.8 Å². The van der Waals surface area contributed by atoms with Crippen LogP contribution in [0.15, 0.2) is 0 Å². The molecule has 29 heavy (non-hydrogen) atoms. The minimum Gasteiger partial charge on any atom is -0.418 e. The molecule has 0 fully saturated rings. The van der Waals surface area contributed by atoms with Gasteiger partial charge < -0.3 is 20.3 Å². The minimum atomic E-state index is -1.51. The van der Waals surface area contributed by atoms with E-state index >= 15 is 0 Å². The van der Waals surface area contributed by atoms with Gasteiger partial charge in [0.1, 0.15) is 0 Å². The summed E-state index contributed by atoms with van der Waals surface area (Å²) in [6, 6.07) is 2.44. The highest BCUT2D eigenvalue weighted by Gasteiger charge is 2.29. The molecule has 0 saturated carbocycles. The molecule has 0 radical (unpaired) electrons. The molecule has 0 heterocycles. The van der Waals surface area contributed by atoms with Gasteiger partial charge in [0.05, 0.1) is 0 Å². The Morgan fingerprint density at radius 2 is 1.00 bits per heavy atom. The number of hydrogen-bond donors (Lipinski definition) is 2. The van der Waals surface area contributed by atoms with Crippen molar-refractivity contribution in [2.45, 2.75) is 128 Å². The van der Waals surface area contributed by atoms with Crippen LogP contribution >= 0.6 is 0 Å². The second kappa shape index (κ2) is 16.0. The van der Waals surface area contributed by atoms with E-state index in [4.69, 9.17) is 20.3 Å². The van der Waals surface area contributed by atoms with Gasteiger partial charge in [0.2, 0.25) is 0 Å². The molecule has 0 atom stereocenters. The van der Waals surface area contributed by atoms with Crippen molar-refractivity contribution in [1.29, 1.82) is 0 Å². The van der Waals surface area contributed by atoms with Crippen molar-refractivity contribution in [3.8, 4) is 0 Å². The first-order valence-electron chi connectivity index (χ1n) is 12.4. The lowest BCUT2D eigenvalue weighted by atomic mass is 9.84. The van der Waals surface area contributed by atoms with E-state index in [0.717, 1.165) is 39.0 Å². The average molecular weight is 447 g/mol. The maximum absolute atomic E-state index is 7.00.